The molecule has 1 aliphatic heterocycles. The first-order valence-electron chi connectivity index (χ1n) is 8.25. The zero-order valence-electron chi connectivity index (χ0n) is 14.1. The molecule has 2 aromatic rings. The monoisotopic (exact) mass is 454 g/mol. The van der Waals surface area contributed by atoms with Gasteiger partial charge in [0.15, 0.2) is 0 Å². The zero-order valence-corrected chi connectivity index (χ0v) is 16.5. The van der Waals surface area contributed by atoms with E-state index in [0.717, 1.165) is 0 Å². The molecular weight excluding hydrogens is 440 g/mol. The van der Waals surface area contributed by atoms with Crippen molar-refractivity contribution in [2.75, 3.05) is 18.5 Å². The predicted octanol–water partition coefficient (Wildman–Crippen LogP) is 5.17. The molecule has 1 saturated heterocycles. The molecule has 7 nitrogen and oxygen atoms in total. The smallest absolute Gasteiger partial charge is 0.336 e. The maximum absolute atomic E-state index is 12.5. The number of para-hydroxylation sites is 1. The van der Waals surface area contributed by atoms with Crippen molar-refractivity contribution in [1.82, 2.24) is 0 Å². The van der Waals surface area contributed by atoms with E-state index in [4.69, 9.17) is 21.1 Å². The minimum atomic E-state index is -0.587. The van der Waals surface area contributed by atoms with Gasteiger partial charge < -0.3 is 14.8 Å². The van der Waals surface area contributed by atoms with Gasteiger partial charge in [0.05, 0.1) is 14.4 Å². The number of anilines is 1. The second-order valence-electron chi connectivity index (χ2n) is 5.94. The van der Waals surface area contributed by atoms with Crippen LogP contribution in [0.15, 0.2) is 40.9 Å². The third-order valence-corrected chi connectivity index (χ3v) is 5.10. The van der Waals surface area contributed by atoms with Gasteiger partial charge in [-0.2, -0.15) is 0 Å². The summed E-state index contributed by atoms with van der Waals surface area (Å²) in [7, 11) is 0. The highest BCUT2D eigenvalue weighted by molar-refractivity contribution is 9.10. The summed E-state index contributed by atoms with van der Waals surface area (Å²) in [6.07, 6.45) is 1.16. The number of nitrogens with one attached hydrogen (secondary N) is 1. The highest BCUT2D eigenvalue weighted by atomic mass is 79.9. The summed E-state index contributed by atoms with van der Waals surface area (Å²) in [5, 5.41) is 14.7. The molecule has 0 unspecified atom stereocenters. The Bertz CT molecular complexity index is 871. The highest BCUT2D eigenvalue weighted by Gasteiger charge is 2.29. The third kappa shape index (κ3) is 4.58. The van der Waals surface area contributed by atoms with Crippen LogP contribution in [0.5, 0.6) is 11.5 Å². The number of amides is 1. The summed E-state index contributed by atoms with van der Waals surface area (Å²) in [5.41, 5.74) is -0.272. The number of carbonyl (C=O) groups excluding carboxylic acids is 1. The van der Waals surface area contributed by atoms with Crippen LogP contribution in [-0.4, -0.2) is 24.0 Å². The SMILES string of the molecule is O=C(Nc1ccc(Br)c(Oc2ccccc2Cl)c1[N+](=O)[O-])C1CCOCC1. The van der Waals surface area contributed by atoms with Crippen LogP contribution in [0.25, 0.3) is 0 Å². The molecule has 0 aromatic heterocycles. The van der Waals surface area contributed by atoms with E-state index < -0.39 is 4.92 Å². The van der Waals surface area contributed by atoms with Crippen LogP contribution < -0.4 is 10.1 Å². The lowest BCUT2D eigenvalue weighted by Gasteiger charge is -2.21. The number of nitrogens with zero attached hydrogens (tertiary/aromatic N) is 1. The lowest BCUT2D eigenvalue weighted by atomic mass is 9.99. The normalized spacial score (nSPS) is 14.6. The van der Waals surface area contributed by atoms with Crippen molar-refractivity contribution in [2.45, 2.75) is 12.8 Å². The molecule has 2 aromatic carbocycles. The van der Waals surface area contributed by atoms with Gasteiger partial charge in [0, 0.05) is 19.1 Å². The third-order valence-electron chi connectivity index (χ3n) is 4.16. The van der Waals surface area contributed by atoms with Crippen molar-refractivity contribution in [3.05, 3.63) is 56.0 Å². The van der Waals surface area contributed by atoms with Crippen LogP contribution in [0, 0.1) is 16.0 Å². The molecule has 0 spiro atoms. The van der Waals surface area contributed by atoms with Crippen molar-refractivity contribution in [2.24, 2.45) is 5.92 Å². The number of nitro benzene ring substituents is 1. The standard InChI is InChI=1S/C18H16BrClN2O5/c19-12-5-6-14(21-18(23)11-7-9-26-10-8-11)16(22(24)25)17(12)27-15-4-2-1-3-13(15)20/h1-6,11H,7-10H2,(H,21,23). The lowest BCUT2D eigenvalue weighted by molar-refractivity contribution is -0.384. The Kier molecular flexibility index (Phi) is 6.30. The van der Waals surface area contributed by atoms with Crippen molar-refractivity contribution >= 4 is 44.8 Å². The predicted molar refractivity (Wildman–Crippen MR) is 104 cm³/mol. The van der Waals surface area contributed by atoms with Crippen molar-refractivity contribution in [3.8, 4) is 11.5 Å². The number of hydrogen-bond acceptors (Lipinski definition) is 5. The summed E-state index contributed by atoms with van der Waals surface area (Å²) < 4.78 is 11.3. The number of halogens is 2. The summed E-state index contributed by atoms with van der Waals surface area (Å²) >= 11 is 9.37. The Balaban J connectivity index is 1.94. The largest absolute Gasteiger partial charge is 0.447 e. The van der Waals surface area contributed by atoms with Crippen LogP contribution >= 0.6 is 27.5 Å². The second-order valence-corrected chi connectivity index (χ2v) is 7.20. The number of rotatable bonds is 5. The number of ether oxygens (including phenoxy) is 2. The fourth-order valence-corrected chi connectivity index (χ4v) is 3.33. The van der Waals surface area contributed by atoms with E-state index in [1.165, 1.54) is 6.07 Å². The molecule has 0 aliphatic carbocycles. The topological polar surface area (TPSA) is 90.7 Å². The van der Waals surface area contributed by atoms with Crippen LogP contribution in [0.3, 0.4) is 0 Å². The zero-order chi connectivity index (χ0) is 19.4. The summed E-state index contributed by atoms with van der Waals surface area (Å²) in [5.74, 6) is -0.267. The maximum atomic E-state index is 12.5. The van der Waals surface area contributed by atoms with Crippen LogP contribution in [0.1, 0.15) is 12.8 Å². The van der Waals surface area contributed by atoms with E-state index >= 15 is 0 Å². The van der Waals surface area contributed by atoms with Gasteiger partial charge in [-0.25, -0.2) is 0 Å². The summed E-state index contributed by atoms with van der Waals surface area (Å²) in [6, 6.07) is 9.71. The van der Waals surface area contributed by atoms with Crippen molar-refractivity contribution in [1.29, 1.82) is 0 Å². The van der Waals surface area contributed by atoms with Crippen LogP contribution in [-0.2, 0) is 9.53 Å². The number of nitro groups is 1. The minimum absolute atomic E-state index is 0.0297. The van der Waals surface area contributed by atoms with E-state index in [-0.39, 0.29) is 34.7 Å². The van der Waals surface area contributed by atoms with E-state index in [9.17, 15) is 14.9 Å². The summed E-state index contributed by atoms with van der Waals surface area (Å²) in [4.78, 5) is 23.6. The number of carbonyl (C=O) groups is 1. The Labute approximate surface area is 168 Å². The van der Waals surface area contributed by atoms with E-state index in [0.29, 0.717) is 35.6 Å². The van der Waals surface area contributed by atoms with Gasteiger partial charge in [-0.3, -0.25) is 14.9 Å². The molecule has 0 saturated carbocycles. The van der Waals surface area contributed by atoms with E-state index in [2.05, 4.69) is 21.2 Å². The molecule has 1 fully saturated rings. The Morgan fingerprint density at radius 1 is 1.26 bits per heavy atom. The minimum Gasteiger partial charge on any atom is -0.447 e. The van der Waals surface area contributed by atoms with Crippen LogP contribution in [0.2, 0.25) is 5.02 Å². The molecular formula is C18H16BrClN2O5. The quantitative estimate of drug-likeness (QED) is 0.496. The van der Waals surface area contributed by atoms with E-state index in [1.807, 2.05) is 0 Å². The first-order chi connectivity index (χ1) is 13.0. The molecule has 1 N–H and O–H groups in total. The molecule has 0 bridgehead atoms. The fraction of sp³-hybridized carbons (Fsp3) is 0.278. The Morgan fingerprint density at radius 3 is 2.63 bits per heavy atom. The van der Waals surface area contributed by atoms with Gasteiger partial charge in [0.2, 0.25) is 11.7 Å². The van der Waals surface area contributed by atoms with Crippen molar-refractivity contribution in [3.63, 3.8) is 0 Å². The molecule has 142 valence electrons. The molecule has 1 amide bonds. The van der Waals surface area contributed by atoms with Gasteiger partial charge >= 0.3 is 5.69 Å². The Hall–Kier alpha value is -2.16. The second kappa shape index (κ2) is 8.69. The first kappa shape index (κ1) is 19.6. The molecule has 27 heavy (non-hydrogen) atoms. The maximum Gasteiger partial charge on any atom is 0.336 e. The molecule has 9 heteroatoms. The Morgan fingerprint density at radius 2 is 1.96 bits per heavy atom. The first-order valence-corrected chi connectivity index (χ1v) is 9.42. The van der Waals surface area contributed by atoms with E-state index in [1.54, 1.807) is 30.3 Å². The molecule has 0 radical (unpaired) electrons. The number of benzene rings is 2. The van der Waals surface area contributed by atoms with Gasteiger partial charge in [-0.05, 0) is 53.0 Å². The number of hydrogen-bond donors (Lipinski definition) is 1. The molecule has 1 aliphatic rings. The summed E-state index contributed by atoms with van der Waals surface area (Å²) in [6.45, 7) is 1.00. The van der Waals surface area contributed by atoms with Gasteiger partial charge in [0.25, 0.3) is 0 Å². The van der Waals surface area contributed by atoms with Crippen LogP contribution in [0.4, 0.5) is 11.4 Å². The van der Waals surface area contributed by atoms with Crippen molar-refractivity contribution < 1.29 is 19.2 Å². The highest BCUT2D eigenvalue weighted by Crippen LogP contribution is 2.44. The van der Waals surface area contributed by atoms with Gasteiger partial charge in [-0.15, -0.1) is 0 Å². The molecule has 1 heterocycles. The molecule has 3 rings (SSSR count). The van der Waals surface area contributed by atoms with Gasteiger partial charge in [0.1, 0.15) is 11.4 Å². The molecule has 0 atom stereocenters. The lowest BCUT2D eigenvalue weighted by Crippen LogP contribution is -2.28. The average Bonchev–Trinajstić information content (AvgIpc) is 2.66. The van der Waals surface area contributed by atoms with Gasteiger partial charge in [-0.1, -0.05) is 23.7 Å². The fourth-order valence-electron chi connectivity index (χ4n) is 2.76. The average molecular weight is 456 g/mol.